The molecule has 0 aliphatic rings. The van der Waals surface area contributed by atoms with Gasteiger partial charge in [0.25, 0.3) is 5.91 Å². The Kier molecular flexibility index (Phi) is 3.88. The number of thiazole rings is 1. The van der Waals surface area contributed by atoms with Crippen molar-refractivity contribution in [3.63, 3.8) is 0 Å². The molecule has 0 unspecified atom stereocenters. The first kappa shape index (κ1) is 12.5. The molecule has 2 N–H and O–H groups in total. The lowest BCUT2D eigenvalue weighted by atomic mass is 10.3. The molecule has 0 atom stereocenters. The molecule has 2 rings (SSSR count). The molecule has 0 saturated carbocycles. The van der Waals surface area contributed by atoms with Crippen molar-refractivity contribution in [2.75, 3.05) is 0 Å². The van der Waals surface area contributed by atoms with Gasteiger partial charge >= 0.3 is 0 Å². The second-order valence-corrected chi connectivity index (χ2v) is 4.65. The van der Waals surface area contributed by atoms with Crippen molar-refractivity contribution in [2.24, 2.45) is 0 Å². The Hall–Kier alpha value is -1.95. The number of aryl methyl sites for hydroxylation is 1. The van der Waals surface area contributed by atoms with Gasteiger partial charge in [-0.1, -0.05) is 6.92 Å². The fourth-order valence-electron chi connectivity index (χ4n) is 1.40. The van der Waals surface area contributed by atoms with Crippen molar-refractivity contribution in [1.82, 2.24) is 15.3 Å². The van der Waals surface area contributed by atoms with Crippen molar-refractivity contribution >= 4 is 17.2 Å². The summed E-state index contributed by atoms with van der Waals surface area (Å²) in [5.74, 6) is -0.223. The standard InChI is InChI=1S/C12H13N3O2S/c1-2-9-7-18-11(15-9)6-14-12(17)8-3-4-10(16)13-5-8/h3-5,7H,2,6H2,1H3,(H,13,16)(H,14,17). The normalized spacial score (nSPS) is 10.3. The second kappa shape index (κ2) is 5.59. The number of amides is 1. The van der Waals surface area contributed by atoms with Crippen LogP contribution in [0.2, 0.25) is 0 Å². The fraction of sp³-hybridized carbons (Fsp3) is 0.250. The minimum atomic E-state index is -0.223. The molecule has 6 heteroatoms. The summed E-state index contributed by atoms with van der Waals surface area (Å²) >= 11 is 1.53. The van der Waals surface area contributed by atoms with E-state index < -0.39 is 0 Å². The molecule has 2 aromatic rings. The van der Waals surface area contributed by atoms with Crippen LogP contribution in [0.4, 0.5) is 0 Å². The molecule has 0 aromatic carbocycles. The molecular formula is C12H13N3O2S. The van der Waals surface area contributed by atoms with Crippen LogP contribution in [-0.4, -0.2) is 15.9 Å². The predicted molar refractivity (Wildman–Crippen MR) is 69.7 cm³/mol. The Bertz CT molecular complexity index is 583. The van der Waals surface area contributed by atoms with Crippen LogP contribution in [0.1, 0.15) is 28.0 Å². The predicted octanol–water partition coefficient (Wildman–Crippen LogP) is 1.32. The van der Waals surface area contributed by atoms with Crippen LogP contribution in [0.15, 0.2) is 28.5 Å². The van der Waals surface area contributed by atoms with Crippen molar-refractivity contribution in [2.45, 2.75) is 19.9 Å². The molecule has 94 valence electrons. The summed E-state index contributed by atoms with van der Waals surface area (Å²) in [6, 6.07) is 2.82. The average Bonchev–Trinajstić information content (AvgIpc) is 2.85. The van der Waals surface area contributed by atoms with E-state index in [1.165, 1.54) is 29.7 Å². The highest BCUT2D eigenvalue weighted by atomic mass is 32.1. The van der Waals surface area contributed by atoms with Crippen LogP contribution in [0, 0.1) is 0 Å². The van der Waals surface area contributed by atoms with E-state index in [1.807, 2.05) is 12.3 Å². The van der Waals surface area contributed by atoms with Gasteiger partial charge in [0.15, 0.2) is 0 Å². The first-order valence-electron chi connectivity index (χ1n) is 5.59. The summed E-state index contributed by atoms with van der Waals surface area (Å²) in [4.78, 5) is 29.4. The molecule has 0 bridgehead atoms. The summed E-state index contributed by atoms with van der Waals surface area (Å²) in [7, 11) is 0. The number of rotatable bonds is 4. The number of pyridine rings is 1. The third kappa shape index (κ3) is 3.04. The van der Waals surface area contributed by atoms with Gasteiger partial charge in [-0.2, -0.15) is 0 Å². The number of carbonyl (C=O) groups excluding carboxylic acids is 1. The highest BCUT2D eigenvalue weighted by Gasteiger charge is 2.06. The van der Waals surface area contributed by atoms with Crippen LogP contribution in [0.3, 0.4) is 0 Å². The van der Waals surface area contributed by atoms with Gasteiger partial charge in [-0.15, -0.1) is 11.3 Å². The first-order chi connectivity index (χ1) is 8.69. The highest BCUT2D eigenvalue weighted by molar-refractivity contribution is 7.09. The van der Waals surface area contributed by atoms with Gasteiger partial charge in [-0.3, -0.25) is 9.59 Å². The fourth-order valence-corrected chi connectivity index (χ4v) is 2.22. The zero-order valence-corrected chi connectivity index (χ0v) is 10.7. The minimum absolute atomic E-state index is 0.223. The summed E-state index contributed by atoms with van der Waals surface area (Å²) in [5.41, 5.74) is 1.24. The van der Waals surface area contributed by atoms with E-state index >= 15 is 0 Å². The van der Waals surface area contributed by atoms with E-state index in [2.05, 4.69) is 15.3 Å². The van der Waals surface area contributed by atoms with Crippen LogP contribution < -0.4 is 10.9 Å². The van der Waals surface area contributed by atoms with Gasteiger partial charge in [0.2, 0.25) is 5.56 Å². The largest absolute Gasteiger partial charge is 0.345 e. The Balaban J connectivity index is 1.95. The number of aromatic nitrogens is 2. The molecule has 1 amide bonds. The molecule has 2 heterocycles. The molecule has 0 spiro atoms. The Morgan fingerprint density at radius 2 is 2.33 bits per heavy atom. The van der Waals surface area contributed by atoms with Gasteiger partial charge in [0.05, 0.1) is 17.8 Å². The maximum atomic E-state index is 11.7. The van der Waals surface area contributed by atoms with Gasteiger partial charge in [0.1, 0.15) is 5.01 Å². The zero-order chi connectivity index (χ0) is 13.0. The molecule has 0 radical (unpaired) electrons. The van der Waals surface area contributed by atoms with E-state index in [-0.39, 0.29) is 11.5 Å². The SMILES string of the molecule is CCc1csc(CNC(=O)c2ccc(=O)[nH]c2)n1. The summed E-state index contributed by atoms with van der Waals surface area (Å²) in [5, 5.41) is 5.63. The van der Waals surface area contributed by atoms with Crippen LogP contribution in [-0.2, 0) is 13.0 Å². The highest BCUT2D eigenvalue weighted by Crippen LogP contribution is 2.09. The number of carbonyl (C=O) groups is 1. The molecule has 0 aliphatic heterocycles. The molecule has 0 aliphatic carbocycles. The Labute approximate surface area is 108 Å². The molecular weight excluding hydrogens is 250 g/mol. The van der Waals surface area contributed by atoms with Crippen LogP contribution in [0.25, 0.3) is 0 Å². The van der Waals surface area contributed by atoms with Crippen molar-refractivity contribution < 1.29 is 4.79 Å². The maximum absolute atomic E-state index is 11.7. The van der Waals surface area contributed by atoms with E-state index in [0.29, 0.717) is 12.1 Å². The Morgan fingerprint density at radius 1 is 1.50 bits per heavy atom. The van der Waals surface area contributed by atoms with Gasteiger partial charge in [-0.25, -0.2) is 4.98 Å². The van der Waals surface area contributed by atoms with Gasteiger partial charge in [0, 0.05) is 17.6 Å². The third-order valence-corrected chi connectivity index (χ3v) is 3.31. The van der Waals surface area contributed by atoms with Gasteiger partial charge in [-0.05, 0) is 12.5 Å². The molecule has 0 fully saturated rings. The van der Waals surface area contributed by atoms with Crippen molar-refractivity contribution in [1.29, 1.82) is 0 Å². The van der Waals surface area contributed by atoms with E-state index in [1.54, 1.807) is 0 Å². The number of nitrogens with zero attached hydrogens (tertiary/aromatic N) is 1. The lowest BCUT2D eigenvalue weighted by Gasteiger charge is -2.02. The first-order valence-corrected chi connectivity index (χ1v) is 6.47. The Morgan fingerprint density at radius 3 is 2.94 bits per heavy atom. The van der Waals surface area contributed by atoms with E-state index in [0.717, 1.165) is 17.1 Å². The van der Waals surface area contributed by atoms with Crippen molar-refractivity contribution in [3.05, 3.63) is 50.3 Å². The lowest BCUT2D eigenvalue weighted by Crippen LogP contribution is -2.23. The summed E-state index contributed by atoms with van der Waals surface area (Å²) in [6.07, 6.45) is 2.29. The zero-order valence-electron chi connectivity index (χ0n) is 9.90. The monoisotopic (exact) mass is 263 g/mol. The van der Waals surface area contributed by atoms with Crippen LogP contribution >= 0.6 is 11.3 Å². The molecule has 18 heavy (non-hydrogen) atoms. The van der Waals surface area contributed by atoms with Gasteiger partial charge < -0.3 is 10.3 Å². The minimum Gasteiger partial charge on any atom is -0.345 e. The van der Waals surface area contributed by atoms with Crippen LogP contribution in [0.5, 0.6) is 0 Å². The number of aromatic amines is 1. The van der Waals surface area contributed by atoms with Crippen molar-refractivity contribution in [3.8, 4) is 0 Å². The van der Waals surface area contributed by atoms with E-state index in [9.17, 15) is 9.59 Å². The van der Waals surface area contributed by atoms with E-state index in [4.69, 9.17) is 0 Å². The summed E-state index contributed by atoms with van der Waals surface area (Å²) < 4.78 is 0. The quantitative estimate of drug-likeness (QED) is 0.873. The summed E-state index contributed by atoms with van der Waals surface area (Å²) in [6.45, 7) is 2.44. The molecule has 2 aromatic heterocycles. The molecule has 5 nitrogen and oxygen atoms in total. The number of hydrogen-bond donors (Lipinski definition) is 2. The number of nitrogens with one attached hydrogen (secondary N) is 2. The second-order valence-electron chi connectivity index (χ2n) is 3.71. The molecule has 0 saturated heterocycles. The average molecular weight is 263 g/mol. The smallest absolute Gasteiger partial charge is 0.253 e. The topological polar surface area (TPSA) is 74.8 Å². The third-order valence-electron chi connectivity index (χ3n) is 2.41. The lowest BCUT2D eigenvalue weighted by molar-refractivity contribution is 0.0950. The number of H-pyrrole nitrogens is 1. The maximum Gasteiger partial charge on any atom is 0.253 e. The number of hydrogen-bond acceptors (Lipinski definition) is 4.